The Morgan fingerprint density at radius 3 is 2.85 bits per heavy atom. The molecule has 1 saturated carbocycles. The van der Waals surface area contributed by atoms with Crippen LogP contribution in [0.15, 0.2) is 28.6 Å². The van der Waals surface area contributed by atoms with Crippen LogP contribution < -0.4 is 10.9 Å². The summed E-state index contributed by atoms with van der Waals surface area (Å²) < 4.78 is 0. The molecule has 0 aromatic carbocycles. The number of anilines is 1. The van der Waals surface area contributed by atoms with Gasteiger partial charge in [-0.1, -0.05) is 6.07 Å². The molecule has 8 nitrogen and oxygen atoms in total. The summed E-state index contributed by atoms with van der Waals surface area (Å²) in [5.41, 5.74) is 0.0794. The van der Waals surface area contributed by atoms with E-state index in [2.05, 4.69) is 30.5 Å². The van der Waals surface area contributed by atoms with Gasteiger partial charge in [-0.15, -0.1) is 21.5 Å². The molecule has 1 aliphatic carbocycles. The molecule has 138 valence electrons. The Labute approximate surface area is 159 Å². The van der Waals surface area contributed by atoms with Gasteiger partial charge < -0.3 is 10.3 Å². The molecule has 3 N–H and O–H groups in total. The maximum atomic E-state index is 12.2. The number of hydrogen-bond donors (Lipinski definition) is 3. The first-order valence-corrected chi connectivity index (χ1v) is 9.80. The molecule has 4 rings (SSSR count). The van der Waals surface area contributed by atoms with E-state index < -0.39 is 5.56 Å². The average molecular weight is 381 g/mol. The van der Waals surface area contributed by atoms with Crippen LogP contribution in [0.2, 0.25) is 0 Å². The summed E-state index contributed by atoms with van der Waals surface area (Å²) in [4.78, 5) is 23.3. The highest BCUT2D eigenvalue weighted by atomic mass is 32.1. The van der Waals surface area contributed by atoms with Crippen LogP contribution in [0.5, 0.6) is 0 Å². The lowest BCUT2D eigenvalue weighted by molar-refractivity contribution is 0.331. The Balaban J connectivity index is 1.42. The SMILES string of the molecule is N#Cc1c(-c2cccs2)nc(NC[C@H]2CC[C@H](c3nnc[nH]3)CC2)[nH]c1=O. The third-order valence-corrected chi connectivity index (χ3v) is 5.89. The van der Waals surface area contributed by atoms with Crippen LogP contribution >= 0.6 is 11.3 Å². The number of nitrogens with one attached hydrogen (secondary N) is 3. The van der Waals surface area contributed by atoms with E-state index in [0.717, 1.165) is 42.9 Å². The van der Waals surface area contributed by atoms with Crippen molar-refractivity contribution in [2.75, 3.05) is 11.9 Å². The lowest BCUT2D eigenvalue weighted by Crippen LogP contribution is -2.23. The number of thiophene rings is 1. The molecule has 3 aromatic heterocycles. The Kier molecular flexibility index (Phi) is 4.98. The molecule has 0 bridgehead atoms. The fraction of sp³-hybridized carbons (Fsp3) is 0.389. The number of nitrogens with zero attached hydrogens (tertiary/aromatic N) is 4. The van der Waals surface area contributed by atoms with E-state index in [1.54, 1.807) is 6.33 Å². The highest BCUT2D eigenvalue weighted by Gasteiger charge is 2.24. The quantitative estimate of drug-likeness (QED) is 0.624. The smallest absolute Gasteiger partial charge is 0.270 e. The van der Waals surface area contributed by atoms with E-state index in [1.165, 1.54) is 11.3 Å². The number of aromatic amines is 2. The summed E-state index contributed by atoms with van der Waals surface area (Å²) in [5, 5.41) is 22.4. The fourth-order valence-electron chi connectivity index (χ4n) is 3.55. The molecule has 0 unspecified atom stereocenters. The first-order chi connectivity index (χ1) is 13.2. The Morgan fingerprint density at radius 2 is 2.19 bits per heavy atom. The van der Waals surface area contributed by atoms with Crippen molar-refractivity contribution in [2.45, 2.75) is 31.6 Å². The molecule has 3 heterocycles. The van der Waals surface area contributed by atoms with Crippen LogP contribution in [-0.2, 0) is 0 Å². The Hall–Kier alpha value is -2.99. The molecule has 0 amide bonds. The van der Waals surface area contributed by atoms with Gasteiger partial charge in [0, 0.05) is 12.5 Å². The van der Waals surface area contributed by atoms with Crippen molar-refractivity contribution in [2.24, 2.45) is 5.92 Å². The van der Waals surface area contributed by atoms with E-state index in [9.17, 15) is 10.1 Å². The van der Waals surface area contributed by atoms with Crippen molar-refractivity contribution < 1.29 is 0 Å². The minimum atomic E-state index is -0.410. The van der Waals surface area contributed by atoms with Crippen LogP contribution in [0.3, 0.4) is 0 Å². The topological polar surface area (TPSA) is 123 Å². The predicted octanol–water partition coefficient (Wildman–Crippen LogP) is 2.87. The second kappa shape index (κ2) is 7.72. The maximum Gasteiger partial charge on any atom is 0.270 e. The van der Waals surface area contributed by atoms with Crippen molar-refractivity contribution in [1.82, 2.24) is 25.1 Å². The number of aromatic nitrogens is 5. The largest absolute Gasteiger partial charge is 0.355 e. The summed E-state index contributed by atoms with van der Waals surface area (Å²) in [6.45, 7) is 0.738. The third kappa shape index (κ3) is 3.75. The summed E-state index contributed by atoms with van der Waals surface area (Å²) in [5.74, 6) is 2.34. The van der Waals surface area contributed by atoms with Crippen LogP contribution in [0.1, 0.15) is 43.0 Å². The molecule has 0 atom stereocenters. The molecule has 0 aliphatic heterocycles. The molecular weight excluding hydrogens is 362 g/mol. The van der Waals surface area contributed by atoms with E-state index in [0.29, 0.717) is 23.5 Å². The molecule has 9 heteroatoms. The summed E-state index contributed by atoms with van der Waals surface area (Å²) in [6, 6.07) is 5.70. The lowest BCUT2D eigenvalue weighted by atomic mass is 9.81. The van der Waals surface area contributed by atoms with Gasteiger partial charge in [-0.25, -0.2) is 4.98 Å². The average Bonchev–Trinajstić information content (AvgIpc) is 3.40. The number of H-pyrrole nitrogens is 2. The van der Waals surface area contributed by atoms with Gasteiger partial charge in [0.05, 0.1) is 4.88 Å². The number of hydrogen-bond acceptors (Lipinski definition) is 7. The fourth-order valence-corrected chi connectivity index (χ4v) is 4.27. The van der Waals surface area contributed by atoms with Gasteiger partial charge in [0.25, 0.3) is 5.56 Å². The van der Waals surface area contributed by atoms with Crippen molar-refractivity contribution in [3.05, 3.63) is 45.6 Å². The maximum absolute atomic E-state index is 12.2. The van der Waals surface area contributed by atoms with E-state index in [-0.39, 0.29) is 5.56 Å². The van der Waals surface area contributed by atoms with Crippen molar-refractivity contribution in [3.8, 4) is 16.6 Å². The minimum Gasteiger partial charge on any atom is -0.355 e. The first kappa shape index (κ1) is 17.4. The van der Waals surface area contributed by atoms with Gasteiger partial charge in [-0.3, -0.25) is 9.78 Å². The molecule has 1 fully saturated rings. The minimum absolute atomic E-state index is 0.0514. The molecular formula is C18H19N7OS. The van der Waals surface area contributed by atoms with Gasteiger partial charge in [0.15, 0.2) is 0 Å². The molecule has 0 saturated heterocycles. The lowest BCUT2D eigenvalue weighted by Gasteiger charge is -2.27. The predicted molar refractivity (Wildman–Crippen MR) is 102 cm³/mol. The monoisotopic (exact) mass is 381 g/mol. The van der Waals surface area contributed by atoms with Gasteiger partial charge in [-0.2, -0.15) is 5.26 Å². The second-order valence-electron chi connectivity index (χ2n) is 6.70. The van der Waals surface area contributed by atoms with Gasteiger partial charge >= 0.3 is 0 Å². The third-order valence-electron chi connectivity index (χ3n) is 5.01. The summed E-state index contributed by atoms with van der Waals surface area (Å²) >= 11 is 1.46. The van der Waals surface area contributed by atoms with Crippen molar-refractivity contribution >= 4 is 17.3 Å². The number of nitriles is 1. The highest BCUT2D eigenvalue weighted by molar-refractivity contribution is 7.13. The standard InChI is InChI=1S/C18H19N7OS/c19-8-13-15(14-2-1-7-27-14)23-18(24-17(13)26)20-9-11-3-5-12(6-4-11)16-21-10-22-25-16/h1-2,7,10-12H,3-6,9H2,(H,21,22,25)(H2,20,23,24,26)/t11-,12-. The highest BCUT2D eigenvalue weighted by Crippen LogP contribution is 2.34. The van der Waals surface area contributed by atoms with Crippen molar-refractivity contribution in [3.63, 3.8) is 0 Å². The normalized spacial score (nSPS) is 19.5. The summed E-state index contributed by atoms with van der Waals surface area (Å²) in [7, 11) is 0. The van der Waals surface area contributed by atoms with Crippen LogP contribution in [-0.4, -0.2) is 31.7 Å². The molecule has 1 aliphatic rings. The molecule has 27 heavy (non-hydrogen) atoms. The van der Waals surface area contributed by atoms with Gasteiger partial charge in [0.2, 0.25) is 5.95 Å². The van der Waals surface area contributed by atoms with Crippen LogP contribution in [0, 0.1) is 17.2 Å². The number of rotatable bonds is 5. The Morgan fingerprint density at radius 1 is 1.33 bits per heavy atom. The zero-order valence-corrected chi connectivity index (χ0v) is 15.4. The van der Waals surface area contributed by atoms with Gasteiger partial charge in [0.1, 0.15) is 29.5 Å². The Bertz CT molecular complexity index is 980. The zero-order chi connectivity index (χ0) is 18.6. The van der Waals surface area contributed by atoms with E-state index >= 15 is 0 Å². The van der Waals surface area contributed by atoms with Crippen LogP contribution in [0.4, 0.5) is 5.95 Å². The molecule has 3 aromatic rings. The van der Waals surface area contributed by atoms with Crippen molar-refractivity contribution in [1.29, 1.82) is 5.26 Å². The van der Waals surface area contributed by atoms with E-state index in [4.69, 9.17) is 0 Å². The molecule has 0 radical (unpaired) electrons. The second-order valence-corrected chi connectivity index (χ2v) is 7.65. The van der Waals surface area contributed by atoms with E-state index in [1.807, 2.05) is 23.6 Å². The summed E-state index contributed by atoms with van der Waals surface area (Å²) in [6.07, 6.45) is 5.92. The zero-order valence-electron chi connectivity index (χ0n) is 14.6. The first-order valence-electron chi connectivity index (χ1n) is 8.92. The molecule has 0 spiro atoms. The van der Waals surface area contributed by atoms with Gasteiger partial charge in [-0.05, 0) is 43.0 Å². The van der Waals surface area contributed by atoms with Crippen LogP contribution in [0.25, 0.3) is 10.6 Å².